The van der Waals surface area contributed by atoms with Crippen LogP contribution < -0.4 is 5.32 Å². The number of benzene rings is 1. The Morgan fingerprint density at radius 1 is 1.36 bits per heavy atom. The number of ether oxygens (including phenoxy) is 1. The number of nitrogens with one attached hydrogen (secondary N) is 1. The molecule has 0 saturated heterocycles. The van der Waals surface area contributed by atoms with Gasteiger partial charge in [-0.05, 0) is 13.0 Å². The summed E-state index contributed by atoms with van der Waals surface area (Å²) in [6.45, 7) is 2.37. The molecular formula is C16H17N5O3S. The Bertz CT molecular complexity index is 861. The van der Waals surface area contributed by atoms with Crippen LogP contribution in [-0.4, -0.2) is 33.4 Å². The number of carbonyl (C=O) groups excluding carboxylic acids is 1. The van der Waals surface area contributed by atoms with Gasteiger partial charge in [-0.3, -0.25) is 4.79 Å². The summed E-state index contributed by atoms with van der Waals surface area (Å²) in [5.41, 5.74) is 2.01. The van der Waals surface area contributed by atoms with Crippen molar-refractivity contribution in [3.8, 4) is 11.4 Å². The Hall–Kier alpha value is -2.65. The van der Waals surface area contributed by atoms with Gasteiger partial charge in [0.2, 0.25) is 22.8 Å². The highest BCUT2D eigenvalue weighted by Crippen LogP contribution is 2.18. The van der Waals surface area contributed by atoms with Crippen LogP contribution in [0.5, 0.6) is 0 Å². The first-order valence-corrected chi connectivity index (χ1v) is 8.46. The molecule has 0 aliphatic carbocycles. The minimum Gasteiger partial charge on any atom is -0.377 e. The quantitative estimate of drug-likeness (QED) is 0.691. The summed E-state index contributed by atoms with van der Waals surface area (Å²) in [7, 11) is 1.58. The number of hydrogen-bond acceptors (Lipinski definition) is 8. The van der Waals surface area contributed by atoms with E-state index in [1.54, 1.807) is 7.11 Å². The molecule has 2 aromatic heterocycles. The summed E-state index contributed by atoms with van der Waals surface area (Å²) in [6, 6.07) is 7.84. The monoisotopic (exact) mass is 359 g/mol. The number of hydrogen-bond donors (Lipinski definition) is 1. The van der Waals surface area contributed by atoms with E-state index in [0.29, 0.717) is 34.9 Å². The lowest BCUT2D eigenvalue weighted by molar-refractivity contribution is -0.116. The van der Waals surface area contributed by atoms with Crippen LogP contribution in [0.2, 0.25) is 0 Å². The molecule has 1 aromatic carbocycles. The lowest BCUT2D eigenvalue weighted by Crippen LogP contribution is -2.12. The molecule has 0 fully saturated rings. The van der Waals surface area contributed by atoms with Crippen molar-refractivity contribution in [1.82, 2.24) is 20.3 Å². The number of methoxy groups -OCH3 is 1. The molecule has 0 bridgehead atoms. The van der Waals surface area contributed by atoms with Crippen molar-refractivity contribution >= 4 is 22.4 Å². The van der Waals surface area contributed by atoms with Crippen molar-refractivity contribution in [2.45, 2.75) is 26.4 Å². The second kappa shape index (κ2) is 7.95. The van der Waals surface area contributed by atoms with Crippen molar-refractivity contribution in [1.29, 1.82) is 0 Å². The van der Waals surface area contributed by atoms with Crippen molar-refractivity contribution in [2.75, 3.05) is 12.4 Å². The van der Waals surface area contributed by atoms with Gasteiger partial charge in [-0.2, -0.15) is 4.98 Å². The minimum atomic E-state index is -0.185. The number of aryl methyl sites for hydroxylation is 2. The van der Waals surface area contributed by atoms with E-state index in [2.05, 4.69) is 25.7 Å². The number of carbonyl (C=O) groups is 1. The van der Waals surface area contributed by atoms with E-state index in [9.17, 15) is 4.79 Å². The highest BCUT2D eigenvalue weighted by molar-refractivity contribution is 7.15. The molecule has 0 spiro atoms. The highest BCUT2D eigenvalue weighted by atomic mass is 32.1. The second-order valence-electron chi connectivity index (χ2n) is 5.36. The molecule has 0 saturated carbocycles. The van der Waals surface area contributed by atoms with E-state index in [4.69, 9.17) is 9.26 Å². The molecule has 25 heavy (non-hydrogen) atoms. The fourth-order valence-corrected chi connectivity index (χ4v) is 2.87. The largest absolute Gasteiger partial charge is 0.377 e. The third-order valence-electron chi connectivity index (χ3n) is 3.29. The van der Waals surface area contributed by atoms with Gasteiger partial charge in [0, 0.05) is 25.5 Å². The summed E-state index contributed by atoms with van der Waals surface area (Å²) in [5, 5.41) is 15.6. The van der Waals surface area contributed by atoms with Crippen LogP contribution >= 0.6 is 11.3 Å². The third-order valence-corrected chi connectivity index (χ3v) is 4.10. The Kier molecular flexibility index (Phi) is 5.46. The number of rotatable bonds is 7. The lowest BCUT2D eigenvalue weighted by atomic mass is 10.1. The normalized spacial score (nSPS) is 10.8. The van der Waals surface area contributed by atoms with Crippen LogP contribution in [0.1, 0.15) is 22.9 Å². The topological polar surface area (TPSA) is 103 Å². The summed E-state index contributed by atoms with van der Waals surface area (Å²) in [6.07, 6.45) is 0.572. The third kappa shape index (κ3) is 4.68. The average Bonchev–Trinajstić information content (AvgIpc) is 3.23. The molecule has 0 aliphatic rings. The molecule has 0 atom stereocenters. The van der Waals surface area contributed by atoms with Crippen LogP contribution in [0.4, 0.5) is 5.13 Å². The van der Waals surface area contributed by atoms with Crippen LogP contribution in [0, 0.1) is 6.92 Å². The molecule has 0 aliphatic heterocycles. The second-order valence-corrected chi connectivity index (χ2v) is 6.43. The van der Waals surface area contributed by atoms with Gasteiger partial charge in [-0.25, -0.2) is 0 Å². The predicted molar refractivity (Wildman–Crippen MR) is 92.0 cm³/mol. The zero-order chi connectivity index (χ0) is 17.6. The molecular weight excluding hydrogens is 342 g/mol. The molecule has 9 heteroatoms. The van der Waals surface area contributed by atoms with E-state index in [1.807, 2.05) is 31.2 Å². The van der Waals surface area contributed by atoms with Gasteiger partial charge in [0.05, 0.1) is 0 Å². The van der Waals surface area contributed by atoms with Crippen molar-refractivity contribution in [3.63, 3.8) is 0 Å². The van der Waals surface area contributed by atoms with Gasteiger partial charge in [0.1, 0.15) is 11.6 Å². The van der Waals surface area contributed by atoms with Gasteiger partial charge < -0.3 is 14.6 Å². The SMILES string of the molecule is COCc1nnc(NC(=O)CCc2nc(-c3cccc(C)c3)no2)s1. The molecule has 8 nitrogen and oxygen atoms in total. The van der Waals surface area contributed by atoms with E-state index in [1.165, 1.54) is 11.3 Å². The summed E-state index contributed by atoms with van der Waals surface area (Å²) in [4.78, 5) is 16.3. The maximum Gasteiger partial charge on any atom is 0.227 e. The van der Waals surface area contributed by atoms with E-state index in [0.717, 1.165) is 11.1 Å². The number of anilines is 1. The fourth-order valence-electron chi connectivity index (χ4n) is 2.15. The number of amides is 1. The van der Waals surface area contributed by atoms with Gasteiger partial charge in [-0.1, -0.05) is 40.3 Å². The Morgan fingerprint density at radius 3 is 3.04 bits per heavy atom. The Balaban J connectivity index is 1.54. The molecule has 1 amide bonds. The summed E-state index contributed by atoms with van der Waals surface area (Å²) >= 11 is 1.28. The smallest absolute Gasteiger partial charge is 0.227 e. The first kappa shape index (κ1) is 17.2. The van der Waals surface area contributed by atoms with E-state index in [-0.39, 0.29) is 12.3 Å². The van der Waals surface area contributed by atoms with Gasteiger partial charge in [0.15, 0.2) is 0 Å². The average molecular weight is 359 g/mol. The van der Waals surface area contributed by atoms with Gasteiger partial charge in [-0.15, -0.1) is 10.2 Å². The molecule has 2 heterocycles. The van der Waals surface area contributed by atoms with Crippen LogP contribution in [0.3, 0.4) is 0 Å². The highest BCUT2D eigenvalue weighted by Gasteiger charge is 2.12. The number of nitrogens with zero attached hydrogens (tertiary/aromatic N) is 4. The van der Waals surface area contributed by atoms with Crippen LogP contribution in [-0.2, 0) is 22.6 Å². The van der Waals surface area contributed by atoms with Gasteiger partial charge >= 0.3 is 0 Å². The standard InChI is InChI=1S/C16H17N5O3S/c1-10-4-3-5-11(8-10)15-18-13(24-21-15)7-6-12(22)17-16-20-19-14(25-16)9-23-2/h3-5,8H,6-7,9H2,1-2H3,(H,17,20,22). The summed E-state index contributed by atoms with van der Waals surface area (Å²) in [5.74, 6) is 0.756. The van der Waals surface area contributed by atoms with Crippen molar-refractivity contribution in [3.05, 3.63) is 40.7 Å². The predicted octanol–water partition coefficient (Wildman–Crippen LogP) is 2.61. The molecule has 0 unspecified atom stereocenters. The molecule has 3 aromatic rings. The van der Waals surface area contributed by atoms with Crippen molar-refractivity contribution in [2.24, 2.45) is 0 Å². The van der Waals surface area contributed by atoms with E-state index >= 15 is 0 Å². The zero-order valence-electron chi connectivity index (χ0n) is 13.9. The maximum atomic E-state index is 12.0. The van der Waals surface area contributed by atoms with E-state index < -0.39 is 0 Å². The van der Waals surface area contributed by atoms with Crippen LogP contribution in [0.15, 0.2) is 28.8 Å². The van der Waals surface area contributed by atoms with Crippen molar-refractivity contribution < 1.29 is 14.1 Å². The van der Waals surface area contributed by atoms with Crippen LogP contribution in [0.25, 0.3) is 11.4 Å². The van der Waals surface area contributed by atoms with Gasteiger partial charge in [0.25, 0.3) is 0 Å². The zero-order valence-corrected chi connectivity index (χ0v) is 14.7. The first-order chi connectivity index (χ1) is 12.1. The first-order valence-electron chi connectivity index (χ1n) is 7.65. The molecule has 0 radical (unpaired) electrons. The minimum absolute atomic E-state index is 0.185. The Labute approximate surface area is 148 Å². The summed E-state index contributed by atoms with van der Waals surface area (Å²) < 4.78 is 10.2. The molecule has 1 N–H and O–H groups in total. The molecule has 3 rings (SSSR count). The molecule has 130 valence electrons. The lowest BCUT2D eigenvalue weighted by Gasteiger charge is -1.98. The fraction of sp³-hybridized carbons (Fsp3) is 0.312. The Morgan fingerprint density at radius 2 is 2.24 bits per heavy atom. The maximum absolute atomic E-state index is 12.0. The number of aromatic nitrogens is 4.